The molecule has 0 aliphatic carbocycles. The van der Waals surface area contributed by atoms with Gasteiger partial charge in [0.05, 0.1) is 0 Å². The molecule has 1 saturated heterocycles. The highest BCUT2D eigenvalue weighted by atomic mass is 16.2. The molecule has 6 heteroatoms. The van der Waals surface area contributed by atoms with Gasteiger partial charge in [0.2, 0.25) is 0 Å². The minimum Gasteiger partial charge on any atom is -0.330 e. The molecule has 1 aromatic heterocycles. The van der Waals surface area contributed by atoms with Gasteiger partial charge in [0.1, 0.15) is 0 Å². The molecule has 1 aliphatic heterocycles. The second-order valence-corrected chi connectivity index (χ2v) is 5.00. The zero-order valence-corrected chi connectivity index (χ0v) is 10.9. The molecule has 1 aromatic rings. The van der Waals surface area contributed by atoms with Crippen LogP contribution in [0.4, 0.5) is 0 Å². The van der Waals surface area contributed by atoms with E-state index in [0.717, 1.165) is 29.8 Å². The van der Waals surface area contributed by atoms with Crippen LogP contribution >= 0.6 is 0 Å². The van der Waals surface area contributed by atoms with Crippen molar-refractivity contribution in [2.45, 2.75) is 13.0 Å². The van der Waals surface area contributed by atoms with Crippen LogP contribution in [0.3, 0.4) is 0 Å². The van der Waals surface area contributed by atoms with Gasteiger partial charge in [-0.2, -0.15) is 0 Å². The third-order valence-electron chi connectivity index (χ3n) is 3.71. The summed E-state index contributed by atoms with van der Waals surface area (Å²) in [6, 6.07) is 1.54. The van der Waals surface area contributed by atoms with Crippen molar-refractivity contribution in [2.75, 3.05) is 19.6 Å². The average Bonchev–Trinajstić information content (AvgIpc) is 2.81. The summed E-state index contributed by atoms with van der Waals surface area (Å²) in [4.78, 5) is 25.7. The molecule has 2 N–H and O–H groups in total. The van der Waals surface area contributed by atoms with Crippen LogP contribution in [0.5, 0.6) is 0 Å². The van der Waals surface area contributed by atoms with Crippen molar-refractivity contribution in [2.24, 2.45) is 25.7 Å². The summed E-state index contributed by atoms with van der Waals surface area (Å²) in [5.41, 5.74) is 5.90. The van der Waals surface area contributed by atoms with E-state index in [1.54, 1.807) is 7.05 Å². The second-order valence-electron chi connectivity index (χ2n) is 5.00. The molecule has 1 atom stereocenters. The first-order chi connectivity index (χ1) is 8.52. The lowest BCUT2D eigenvalue weighted by Gasteiger charge is -2.17. The van der Waals surface area contributed by atoms with Gasteiger partial charge in [-0.3, -0.25) is 18.8 Å². The molecule has 1 unspecified atom stereocenters. The van der Waals surface area contributed by atoms with Crippen LogP contribution in [-0.4, -0.2) is 33.7 Å². The smallest absolute Gasteiger partial charge is 0.330 e. The van der Waals surface area contributed by atoms with Crippen molar-refractivity contribution in [3.8, 4) is 0 Å². The third-order valence-corrected chi connectivity index (χ3v) is 3.71. The standard InChI is InChI=1S/C12H20N4O2/c1-14-10(5-11(17)15(2)12(14)18)8-16-4-3-9(6-13)7-16/h5,9H,3-4,6-8,13H2,1-2H3. The molecule has 0 saturated carbocycles. The monoisotopic (exact) mass is 252 g/mol. The van der Waals surface area contributed by atoms with Gasteiger partial charge < -0.3 is 5.73 Å². The van der Waals surface area contributed by atoms with Crippen molar-refractivity contribution in [1.82, 2.24) is 14.0 Å². The Hall–Kier alpha value is -1.40. The zero-order valence-electron chi connectivity index (χ0n) is 10.9. The Morgan fingerprint density at radius 1 is 1.33 bits per heavy atom. The third kappa shape index (κ3) is 2.39. The van der Waals surface area contributed by atoms with Crippen molar-refractivity contribution in [3.63, 3.8) is 0 Å². The molecule has 1 aliphatic rings. The van der Waals surface area contributed by atoms with Gasteiger partial charge in [0.15, 0.2) is 0 Å². The quantitative estimate of drug-likeness (QED) is 0.738. The fraction of sp³-hybridized carbons (Fsp3) is 0.667. The van der Waals surface area contributed by atoms with E-state index in [2.05, 4.69) is 4.90 Å². The SMILES string of the molecule is Cn1c(CN2CCC(CN)C2)cc(=O)n(C)c1=O. The molecule has 100 valence electrons. The minimum atomic E-state index is -0.271. The fourth-order valence-corrected chi connectivity index (χ4v) is 2.41. The zero-order chi connectivity index (χ0) is 13.3. The number of nitrogens with two attached hydrogens (primary N) is 1. The van der Waals surface area contributed by atoms with Crippen LogP contribution in [0.15, 0.2) is 15.7 Å². The van der Waals surface area contributed by atoms with E-state index in [-0.39, 0.29) is 11.2 Å². The molecular formula is C12H20N4O2. The first kappa shape index (κ1) is 13.0. The van der Waals surface area contributed by atoms with Crippen LogP contribution < -0.4 is 17.0 Å². The van der Waals surface area contributed by atoms with Gasteiger partial charge >= 0.3 is 5.69 Å². The molecule has 0 aromatic carbocycles. The number of rotatable bonds is 3. The first-order valence-electron chi connectivity index (χ1n) is 6.21. The normalized spacial score (nSPS) is 20.5. The summed E-state index contributed by atoms with van der Waals surface area (Å²) in [5, 5.41) is 0. The Morgan fingerprint density at radius 3 is 2.67 bits per heavy atom. The van der Waals surface area contributed by atoms with Gasteiger partial charge in [-0.25, -0.2) is 4.79 Å². The summed E-state index contributed by atoms with van der Waals surface area (Å²) in [6.07, 6.45) is 1.09. The van der Waals surface area contributed by atoms with Gasteiger partial charge in [0.25, 0.3) is 5.56 Å². The maximum absolute atomic E-state index is 11.8. The Balaban J connectivity index is 2.21. The summed E-state index contributed by atoms with van der Waals surface area (Å²) in [6.45, 7) is 3.26. The lowest BCUT2D eigenvalue weighted by atomic mass is 10.1. The summed E-state index contributed by atoms with van der Waals surface area (Å²) < 4.78 is 2.66. The van der Waals surface area contributed by atoms with E-state index in [4.69, 9.17) is 5.73 Å². The first-order valence-corrected chi connectivity index (χ1v) is 6.21. The fourth-order valence-electron chi connectivity index (χ4n) is 2.41. The highest BCUT2D eigenvalue weighted by Gasteiger charge is 2.22. The summed E-state index contributed by atoms with van der Waals surface area (Å²) in [5.74, 6) is 0.536. The molecule has 0 bridgehead atoms. The number of hydrogen-bond acceptors (Lipinski definition) is 4. The maximum Gasteiger partial charge on any atom is 0.330 e. The molecule has 0 spiro atoms. The van der Waals surface area contributed by atoms with Crippen LogP contribution in [0.2, 0.25) is 0 Å². The molecule has 2 heterocycles. The molecule has 0 amide bonds. The van der Waals surface area contributed by atoms with E-state index >= 15 is 0 Å². The van der Waals surface area contributed by atoms with E-state index in [1.165, 1.54) is 17.7 Å². The Labute approximate surface area is 106 Å². The molecule has 18 heavy (non-hydrogen) atoms. The van der Waals surface area contributed by atoms with Crippen LogP contribution in [0.25, 0.3) is 0 Å². The molecule has 0 radical (unpaired) electrons. The minimum absolute atomic E-state index is 0.248. The van der Waals surface area contributed by atoms with Crippen LogP contribution in [0.1, 0.15) is 12.1 Å². The second kappa shape index (κ2) is 5.07. The highest BCUT2D eigenvalue weighted by Crippen LogP contribution is 2.16. The molecular weight excluding hydrogens is 232 g/mol. The summed E-state index contributed by atoms with van der Waals surface area (Å²) >= 11 is 0. The van der Waals surface area contributed by atoms with Crippen molar-refractivity contribution in [1.29, 1.82) is 0 Å². The van der Waals surface area contributed by atoms with E-state index in [9.17, 15) is 9.59 Å². The predicted octanol–water partition coefficient (Wildman–Crippen LogP) is -1.14. The predicted molar refractivity (Wildman–Crippen MR) is 69.4 cm³/mol. The van der Waals surface area contributed by atoms with E-state index < -0.39 is 0 Å². The van der Waals surface area contributed by atoms with Gasteiger partial charge in [-0.1, -0.05) is 0 Å². The number of hydrogen-bond donors (Lipinski definition) is 1. The number of nitrogens with zero attached hydrogens (tertiary/aromatic N) is 3. The lowest BCUT2D eigenvalue weighted by Crippen LogP contribution is -2.39. The van der Waals surface area contributed by atoms with Gasteiger partial charge in [-0.15, -0.1) is 0 Å². The van der Waals surface area contributed by atoms with Crippen LogP contribution in [0, 0.1) is 5.92 Å². The Kier molecular flexibility index (Phi) is 3.68. The van der Waals surface area contributed by atoms with Crippen molar-refractivity contribution < 1.29 is 0 Å². The lowest BCUT2D eigenvalue weighted by molar-refractivity contribution is 0.307. The van der Waals surface area contributed by atoms with E-state index in [0.29, 0.717) is 19.0 Å². The topological polar surface area (TPSA) is 73.3 Å². The van der Waals surface area contributed by atoms with Crippen molar-refractivity contribution >= 4 is 0 Å². The molecule has 2 rings (SSSR count). The van der Waals surface area contributed by atoms with Gasteiger partial charge in [-0.05, 0) is 25.4 Å². The van der Waals surface area contributed by atoms with Crippen molar-refractivity contribution in [3.05, 3.63) is 32.6 Å². The van der Waals surface area contributed by atoms with Gasteiger partial charge in [0, 0.05) is 38.9 Å². The average molecular weight is 252 g/mol. The van der Waals surface area contributed by atoms with E-state index in [1.807, 2.05) is 0 Å². The maximum atomic E-state index is 11.8. The number of likely N-dealkylation sites (tertiary alicyclic amines) is 1. The molecule has 1 fully saturated rings. The summed E-state index contributed by atoms with van der Waals surface area (Å²) in [7, 11) is 3.20. The largest absolute Gasteiger partial charge is 0.330 e. The Morgan fingerprint density at radius 2 is 2.06 bits per heavy atom. The Bertz CT molecular complexity index is 546. The molecule has 6 nitrogen and oxygen atoms in total. The van der Waals surface area contributed by atoms with Crippen LogP contribution in [-0.2, 0) is 20.6 Å². The number of aromatic nitrogens is 2. The highest BCUT2D eigenvalue weighted by molar-refractivity contribution is 5.02.